The van der Waals surface area contributed by atoms with E-state index in [-0.39, 0.29) is 0 Å². The first-order valence-electron chi connectivity index (χ1n) is 10.3. The van der Waals surface area contributed by atoms with Crippen molar-refractivity contribution < 1.29 is 0 Å². The van der Waals surface area contributed by atoms with E-state index in [1.54, 1.807) is 6.20 Å². The minimum absolute atomic E-state index is 0.291. The Hall–Kier alpha value is -2.11. The second-order valence-electron chi connectivity index (χ2n) is 8.31. The fraction of sp³-hybridized carbons (Fsp3) is 0.455. The minimum Gasteiger partial charge on any atom is -0.353 e. The highest BCUT2D eigenvalue weighted by atomic mass is 35.5. The van der Waals surface area contributed by atoms with Crippen molar-refractivity contribution in [2.45, 2.75) is 50.6 Å². The molecule has 2 aliphatic rings. The molecule has 28 heavy (non-hydrogen) atoms. The highest BCUT2D eigenvalue weighted by Crippen LogP contribution is 2.37. The summed E-state index contributed by atoms with van der Waals surface area (Å²) in [6.07, 6.45) is 11.0. The van der Waals surface area contributed by atoms with Crippen LogP contribution >= 0.6 is 11.6 Å². The first-order valence-corrected chi connectivity index (χ1v) is 10.7. The van der Waals surface area contributed by atoms with Gasteiger partial charge in [-0.25, -0.2) is 9.97 Å². The summed E-state index contributed by atoms with van der Waals surface area (Å²) < 4.78 is 0. The van der Waals surface area contributed by atoms with Gasteiger partial charge >= 0.3 is 0 Å². The van der Waals surface area contributed by atoms with Gasteiger partial charge in [0.1, 0.15) is 16.6 Å². The van der Waals surface area contributed by atoms with Crippen LogP contribution in [0.1, 0.15) is 38.5 Å². The number of aromatic nitrogens is 3. The minimum atomic E-state index is 0.291. The lowest BCUT2D eigenvalue weighted by Gasteiger charge is -2.37. The second kappa shape index (κ2) is 7.37. The van der Waals surface area contributed by atoms with Crippen molar-refractivity contribution in [2.75, 3.05) is 11.4 Å². The maximum Gasteiger partial charge on any atom is 0.137 e. The summed E-state index contributed by atoms with van der Waals surface area (Å²) in [4.78, 5) is 14.9. The molecule has 0 aromatic carbocycles. The molecule has 2 aliphatic carbocycles. The molecule has 0 aliphatic heterocycles. The fourth-order valence-electron chi connectivity index (χ4n) is 4.47. The molecule has 2 atom stereocenters. The van der Waals surface area contributed by atoms with Crippen molar-refractivity contribution in [3.63, 3.8) is 0 Å². The molecule has 146 valence electrons. The van der Waals surface area contributed by atoms with E-state index in [0.717, 1.165) is 53.3 Å². The van der Waals surface area contributed by atoms with Gasteiger partial charge in [-0.2, -0.15) is 0 Å². The Morgan fingerprint density at radius 3 is 2.93 bits per heavy atom. The Morgan fingerprint density at radius 1 is 1.21 bits per heavy atom. The second-order valence-corrected chi connectivity index (χ2v) is 8.70. The average molecular weight is 396 g/mol. The van der Waals surface area contributed by atoms with Gasteiger partial charge in [0.15, 0.2) is 0 Å². The SMILES string of the molecule is NC1CCCC(N(CC2CC2)c2cc(-c3c[nH]c4ncccc34)cc(Cl)n2)C1. The maximum atomic E-state index is 6.49. The van der Waals surface area contributed by atoms with Gasteiger partial charge in [-0.15, -0.1) is 0 Å². The van der Waals surface area contributed by atoms with Crippen molar-refractivity contribution in [1.82, 2.24) is 15.0 Å². The molecule has 6 heteroatoms. The molecular formula is C22H26ClN5. The Bertz CT molecular complexity index is 980. The lowest BCUT2D eigenvalue weighted by molar-refractivity contribution is 0.368. The van der Waals surface area contributed by atoms with Gasteiger partial charge in [0, 0.05) is 42.0 Å². The number of anilines is 1. The van der Waals surface area contributed by atoms with Crippen molar-refractivity contribution in [3.05, 3.63) is 41.8 Å². The fourth-order valence-corrected chi connectivity index (χ4v) is 4.68. The normalized spacial score (nSPS) is 22.5. The number of pyridine rings is 2. The number of rotatable bonds is 5. The summed E-state index contributed by atoms with van der Waals surface area (Å²) in [5, 5.41) is 1.63. The largest absolute Gasteiger partial charge is 0.353 e. The number of hydrogen-bond acceptors (Lipinski definition) is 4. The Balaban J connectivity index is 1.54. The molecule has 5 nitrogen and oxygen atoms in total. The molecule has 2 unspecified atom stereocenters. The van der Waals surface area contributed by atoms with E-state index in [0.29, 0.717) is 17.2 Å². The lowest BCUT2D eigenvalue weighted by Crippen LogP contribution is -2.44. The summed E-state index contributed by atoms with van der Waals surface area (Å²) in [6, 6.07) is 8.93. The molecule has 2 saturated carbocycles. The Morgan fingerprint density at radius 2 is 2.11 bits per heavy atom. The number of nitrogens with zero attached hydrogens (tertiary/aromatic N) is 3. The van der Waals surface area contributed by atoms with Gasteiger partial charge in [-0.05, 0) is 74.3 Å². The highest BCUT2D eigenvalue weighted by Gasteiger charge is 2.31. The predicted molar refractivity (Wildman–Crippen MR) is 115 cm³/mol. The van der Waals surface area contributed by atoms with Gasteiger partial charge in [0.25, 0.3) is 0 Å². The molecule has 5 rings (SSSR count). The smallest absolute Gasteiger partial charge is 0.137 e. The van der Waals surface area contributed by atoms with Crippen LogP contribution in [-0.4, -0.2) is 33.6 Å². The van der Waals surface area contributed by atoms with Crippen LogP contribution in [0.2, 0.25) is 5.15 Å². The van der Waals surface area contributed by atoms with Gasteiger partial charge in [0.05, 0.1) is 0 Å². The highest BCUT2D eigenvalue weighted by molar-refractivity contribution is 6.29. The van der Waals surface area contributed by atoms with E-state index in [9.17, 15) is 0 Å². The predicted octanol–water partition coefficient (Wildman–Crippen LogP) is 4.76. The molecule has 0 bridgehead atoms. The summed E-state index contributed by atoms with van der Waals surface area (Å²) in [6.45, 7) is 1.06. The van der Waals surface area contributed by atoms with E-state index in [1.807, 2.05) is 18.3 Å². The van der Waals surface area contributed by atoms with E-state index in [4.69, 9.17) is 22.3 Å². The van der Waals surface area contributed by atoms with Crippen LogP contribution in [0.25, 0.3) is 22.2 Å². The van der Waals surface area contributed by atoms with E-state index < -0.39 is 0 Å². The monoisotopic (exact) mass is 395 g/mol. The zero-order valence-electron chi connectivity index (χ0n) is 15.9. The first kappa shape index (κ1) is 18.0. The third-order valence-electron chi connectivity index (χ3n) is 6.12. The number of nitrogens with one attached hydrogen (secondary N) is 1. The number of fused-ring (bicyclic) bond motifs is 1. The molecular weight excluding hydrogens is 370 g/mol. The summed E-state index contributed by atoms with van der Waals surface area (Å²) >= 11 is 6.49. The third-order valence-corrected chi connectivity index (χ3v) is 6.31. The lowest BCUT2D eigenvalue weighted by atomic mass is 9.90. The molecule has 3 aromatic heterocycles. The van der Waals surface area contributed by atoms with Crippen molar-refractivity contribution in [1.29, 1.82) is 0 Å². The van der Waals surface area contributed by atoms with Crippen LogP contribution in [0.3, 0.4) is 0 Å². The average Bonchev–Trinajstić information content (AvgIpc) is 3.41. The zero-order chi connectivity index (χ0) is 19.1. The van der Waals surface area contributed by atoms with Crippen molar-refractivity contribution in [3.8, 4) is 11.1 Å². The molecule has 0 spiro atoms. The van der Waals surface area contributed by atoms with Crippen LogP contribution in [0.5, 0.6) is 0 Å². The maximum absolute atomic E-state index is 6.49. The van der Waals surface area contributed by atoms with E-state index >= 15 is 0 Å². The topological polar surface area (TPSA) is 70.8 Å². The molecule has 0 saturated heterocycles. The molecule has 3 heterocycles. The third kappa shape index (κ3) is 3.61. The van der Waals surface area contributed by atoms with Crippen LogP contribution in [0.15, 0.2) is 36.7 Å². The van der Waals surface area contributed by atoms with Crippen LogP contribution in [-0.2, 0) is 0 Å². The van der Waals surface area contributed by atoms with Gasteiger partial charge in [0.2, 0.25) is 0 Å². The van der Waals surface area contributed by atoms with Gasteiger partial charge in [-0.1, -0.05) is 11.6 Å². The van der Waals surface area contributed by atoms with Gasteiger partial charge in [-0.3, -0.25) is 0 Å². The van der Waals surface area contributed by atoms with Crippen LogP contribution in [0, 0.1) is 5.92 Å². The number of halogens is 1. The van der Waals surface area contributed by atoms with Crippen molar-refractivity contribution in [2.24, 2.45) is 11.7 Å². The summed E-state index contributed by atoms with van der Waals surface area (Å²) in [5.41, 5.74) is 9.38. The van der Waals surface area contributed by atoms with E-state index in [1.165, 1.54) is 25.7 Å². The molecule has 0 radical (unpaired) electrons. The summed E-state index contributed by atoms with van der Waals surface area (Å²) in [7, 11) is 0. The number of hydrogen-bond donors (Lipinski definition) is 2. The van der Waals surface area contributed by atoms with Crippen LogP contribution in [0.4, 0.5) is 5.82 Å². The molecule has 2 fully saturated rings. The number of aromatic amines is 1. The van der Waals surface area contributed by atoms with E-state index in [2.05, 4.69) is 27.0 Å². The Labute approximate surface area is 170 Å². The molecule has 3 aromatic rings. The van der Waals surface area contributed by atoms with Gasteiger partial charge < -0.3 is 15.6 Å². The zero-order valence-corrected chi connectivity index (χ0v) is 16.7. The Kier molecular flexibility index (Phi) is 4.73. The number of nitrogens with two attached hydrogens (primary N) is 1. The quantitative estimate of drug-likeness (QED) is 0.610. The first-order chi connectivity index (χ1) is 13.7. The van der Waals surface area contributed by atoms with Crippen molar-refractivity contribution >= 4 is 28.5 Å². The number of H-pyrrole nitrogens is 1. The standard InChI is InChI=1S/C22H26ClN5/c23-20-9-15(19-12-26-22-18(19)5-2-8-25-22)10-21(27-20)28(13-14-6-7-14)17-4-1-3-16(24)11-17/h2,5,8-10,12,14,16-17H,1,3-4,6-7,11,13,24H2,(H,25,26). The van der Waals surface area contributed by atoms with Crippen LogP contribution < -0.4 is 10.6 Å². The molecule has 3 N–H and O–H groups in total. The molecule has 0 amide bonds. The summed E-state index contributed by atoms with van der Waals surface area (Å²) in [5.74, 6) is 1.76.